The number of nitrogens with one attached hydrogen (secondary N) is 1. The van der Waals surface area contributed by atoms with Crippen LogP contribution in [0.1, 0.15) is 33.3 Å². The second-order valence-corrected chi connectivity index (χ2v) is 6.47. The lowest BCUT2D eigenvalue weighted by molar-refractivity contribution is -0.158. The number of likely N-dealkylation sites (N-methyl/N-ethyl adjacent to an activating group) is 1. The van der Waals surface area contributed by atoms with E-state index in [2.05, 4.69) is 52.8 Å². The molecule has 1 aromatic rings. The Bertz CT molecular complexity index is 453. The Labute approximate surface area is 141 Å². The van der Waals surface area contributed by atoms with E-state index in [0.717, 1.165) is 5.56 Å². The van der Waals surface area contributed by atoms with Crippen LogP contribution >= 0.6 is 15.9 Å². The van der Waals surface area contributed by atoms with Gasteiger partial charge in [0, 0.05) is 6.92 Å². The molecule has 0 fully saturated rings. The van der Waals surface area contributed by atoms with Crippen LogP contribution in [0.4, 0.5) is 8.78 Å². The molecule has 22 heavy (non-hydrogen) atoms. The van der Waals surface area contributed by atoms with Crippen molar-refractivity contribution in [1.29, 1.82) is 0 Å². The van der Waals surface area contributed by atoms with Gasteiger partial charge >= 0.3 is 6.11 Å². The summed E-state index contributed by atoms with van der Waals surface area (Å²) in [6, 6.07) is 6.49. The predicted octanol–water partition coefficient (Wildman–Crippen LogP) is 5.52. The molecule has 1 unspecified atom stereocenters. The first-order valence-electron chi connectivity index (χ1n) is 7.18. The van der Waals surface area contributed by atoms with Crippen LogP contribution in [0.2, 0.25) is 0 Å². The number of hydrogen-bond acceptors (Lipinski definition) is 2. The molecule has 0 aliphatic rings. The van der Waals surface area contributed by atoms with E-state index >= 15 is 0 Å². The third-order valence-corrected chi connectivity index (χ3v) is 3.64. The van der Waals surface area contributed by atoms with E-state index in [1.165, 1.54) is 17.7 Å². The molecule has 0 saturated carbocycles. The summed E-state index contributed by atoms with van der Waals surface area (Å²) in [4.78, 5) is 0.315. The highest BCUT2D eigenvalue weighted by Crippen LogP contribution is 2.20. The highest BCUT2D eigenvalue weighted by Gasteiger charge is 2.22. The Kier molecular flexibility index (Phi) is 9.53. The molecular weight excluding hydrogens is 352 g/mol. The second kappa shape index (κ2) is 9.95. The fraction of sp³-hybridized carbons (Fsp3) is 0.529. The molecule has 1 N–H and O–H groups in total. The monoisotopic (exact) mass is 377 g/mol. The lowest BCUT2D eigenvalue weighted by Gasteiger charge is -2.12. The van der Waals surface area contributed by atoms with Crippen LogP contribution in [0.15, 0.2) is 35.9 Å². The molecule has 0 heterocycles. The third kappa shape index (κ3) is 10.7. The summed E-state index contributed by atoms with van der Waals surface area (Å²) >= 11 is 3.46. The van der Waals surface area contributed by atoms with Gasteiger partial charge in [-0.15, -0.1) is 0 Å². The van der Waals surface area contributed by atoms with Crippen LogP contribution in [-0.2, 0) is 0 Å². The van der Waals surface area contributed by atoms with Crippen LogP contribution in [0, 0.1) is 12.8 Å². The molecule has 0 aromatic heterocycles. The van der Waals surface area contributed by atoms with Crippen LogP contribution in [0.25, 0.3) is 0 Å². The van der Waals surface area contributed by atoms with Crippen molar-refractivity contribution < 1.29 is 13.5 Å². The van der Waals surface area contributed by atoms with E-state index in [1.807, 2.05) is 14.0 Å². The summed E-state index contributed by atoms with van der Waals surface area (Å²) in [5.74, 6) is 0.835. The normalized spacial score (nSPS) is 13.5. The smallest absolute Gasteiger partial charge is 0.394 e. The van der Waals surface area contributed by atoms with Gasteiger partial charge in [0.25, 0.3) is 0 Å². The Morgan fingerprint density at radius 1 is 1.27 bits per heavy atom. The molecule has 0 aliphatic heterocycles. The first-order valence-corrected chi connectivity index (χ1v) is 8.10. The molecule has 1 rings (SSSR count). The van der Waals surface area contributed by atoms with Crippen molar-refractivity contribution >= 4 is 15.9 Å². The standard InChI is InChI=1S/C9H10F2O.C8H16BrN/c1-7-3-5-8(6-4-7)12-9(2,10)11;1-6(2)7(3)5-8(9)10-4/h3-6H,1-2H3;5-6,8,10H,1-4H3/b;7-5-. The van der Waals surface area contributed by atoms with Gasteiger partial charge in [-0.3, -0.25) is 0 Å². The van der Waals surface area contributed by atoms with E-state index in [0.29, 0.717) is 17.8 Å². The lowest BCUT2D eigenvalue weighted by atomic mass is 10.1. The summed E-state index contributed by atoms with van der Waals surface area (Å²) < 4.78 is 28.9. The number of ether oxygens (including phenoxy) is 1. The van der Waals surface area contributed by atoms with Crippen molar-refractivity contribution in [3.63, 3.8) is 0 Å². The van der Waals surface area contributed by atoms with Gasteiger partial charge in [-0.2, -0.15) is 8.78 Å². The molecular formula is C17H26BrF2NO. The van der Waals surface area contributed by atoms with Crippen molar-refractivity contribution in [1.82, 2.24) is 5.32 Å². The van der Waals surface area contributed by atoms with E-state index in [-0.39, 0.29) is 5.75 Å². The molecule has 0 amide bonds. The highest BCUT2D eigenvalue weighted by atomic mass is 79.9. The van der Waals surface area contributed by atoms with E-state index in [4.69, 9.17) is 0 Å². The lowest BCUT2D eigenvalue weighted by Crippen LogP contribution is -2.18. The van der Waals surface area contributed by atoms with Gasteiger partial charge in [-0.25, -0.2) is 0 Å². The minimum absolute atomic E-state index is 0.188. The molecule has 5 heteroatoms. The number of aryl methyl sites for hydroxylation is 1. The Hall–Kier alpha value is -0.940. The maximum Gasteiger partial charge on any atom is 0.394 e. The molecule has 0 aliphatic carbocycles. The average molecular weight is 378 g/mol. The number of halogens is 3. The SMILES string of the molecule is CNC(Br)/C=C(/C)C(C)C.Cc1ccc(OC(C)(F)F)cc1. The van der Waals surface area contributed by atoms with Crippen molar-refractivity contribution in [2.24, 2.45) is 5.92 Å². The van der Waals surface area contributed by atoms with Crippen LogP contribution in [0.5, 0.6) is 5.75 Å². The topological polar surface area (TPSA) is 21.3 Å². The van der Waals surface area contributed by atoms with Gasteiger partial charge in [0.05, 0.1) is 4.95 Å². The van der Waals surface area contributed by atoms with Gasteiger partial charge in [0.2, 0.25) is 0 Å². The summed E-state index contributed by atoms with van der Waals surface area (Å²) in [6.45, 7) is 9.14. The van der Waals surface area contributed by atoms with Gasteiger partial charge in [-0.05, 0) is 38.9 Å². The van der Waals surface area contributed by atoms with E-state index < -0.39 is 6.11 Å². The molecule has 1 aromatic carbocycles. The van der Waals surface area contributed by atoms with Gasteiger partial charge < -0.3 is 10.1 Å². The minimum atomic E-state index is -3.10. The zero-order chi connectivity index (χ0) is 17.3. The minimum Gasteiger partial charge on any atom is -0.433 e. The molecule has 1 atom stereocenters. The zero-order valence-electron chi connectivity index (χ0n) is 14.1. The van der Waals surface area contributed by atoms with Gasteiger partial charge in [-0.1, -0.05) is 59.1 Å². The second-order valence-electron chi connectivity index (χ2n) is 5.48. The van der Waals surface area contributed by atoms with Crippen LogP contribution in [0.3, 0.4) is 0 Å². The molecule has 0 radical (unpaired) electrons. The first-order chi connectivity index (χ1) is 10.0. The Morgan fingerprint density at radius 2 is 1.77 bits per heavy atom. The quantitative estimate of drug-likeness (QED) is 0.414. The largest absolute Gasteiger partial charge is 0.433 e. The Balaban J connectivity index is 0.000000409. The summed E-state index contributed by atoms with van der Waals surface area (Å²) in [6.07, 6.45) is -0.917. The van der Waals surface area contributed by atoms with Crippen molar-refractivity contribution in [2.75, 3.05) is 7.05 Å². The van der Waals surface area contributed by atoms with E-state index in [1.54, 1.807) is 12.1 Å². The number of alkyl halides is 3. The maximum absolute atomic E-state index is 12.3. The van der Waals surface area contributed by atoms with Crippen LogP contribution in [-0.4, -0.2) is 18.1 Å². The maximum atomic E-state index is 12.3. The third-order valence-electron chi connectivity index (χ3n) is 2.91. The number of hydrogen-bond donors (Lipinski definition) is 1. The fourth-order valence-corrected chi connectivity index (χ4v) is 1.74. The molecule has 2 nitrogen and oxygen atoms in total. The van der Waals surface area contributed by atoms with Crippen molar-refractivity contribution in [2.45, 2.75) is 45.7 Å². The molecule has 126 valence electrons. The highest BCUT2D eigenvalue weighted by molar-refractivity contribution is 9.09. The summed E-state index contributed by atoms with van der Waals surface area (Å²) in [5.41, 5.74) is 2.43. The summed E-state index contributed by atoms with van der Waals surface area (Å²) in [5, 5.41) is 3.09. The van der Waals surface area contributed by atoms with Gasteiger partial charge in [0.1, 0.15) is 5.75 Å². The fourth-order valence-electron chi connectivity index (χ4n) is 1.32. The molecule has 0 saturated heterocycles. The number of benzene rings is 1. The average Bonchev–Trinajstić information content (AvgIpc) is 2.40. The van der Waals surface area contributed by atoms with Crippen molar-refractivity contribution in [3.05, 3.63) is 41.5 Å². The van der Waals surface area contributed by atoms with Gasteiger partial charge in [0.15, 0.2) is 0 Å². The molecule has 0 spiro atoms. The number of rotatable bonds is 5. The van der Waals surface area contributed by atoms with E-state index in [9.17, 15) is 8.78 Å². The zero-order valence-corrected chi connectivity index (χ0v) is 15.7. The predicted molar refractivity (Wildman–Crippen MR) is 92.8 cm³/mol. The van der Waals surface area contributed by atoms with Crippen LogP contribution < -0.4 is 10.1 Å². The Morgan fingerprint density at radius 3 is 2.14 bits per heavy atom. The molecule has 0 bridgehead atoms. The first kappa shape index (κ1) is 21.1. The number of allylic oxidation sites excluding steroid dienone is 1. The van der Waals surface area contributed by atoms with Crippen molar-refractivity contribution in [3.8, 4) is 5.75 Å². The summed E-state index contributed by atoms with van der Waals surface area (Å²) in [7, 11) is 1.93.